The van der Waals surface area contributed by atoms with E-state index in [1.807, 2.05) is 30.3 Å². The minimum atomic E-state index is -1.71. The summed E-state index contributed by atoms with van der Waals surface area (Å²) in [5.74, 6) is -1.12. The number of hydrogen-bond donors (Lipinski definition) is 3. The number of thiol groups is 1. The Kier molecular flexibility index (Phi) is 2.53. The fraction of sp³-hybridized carbons (Fsp3) is 0. The van der Waals surface area contributed by atoms with Gasteiger partial charge in [0.2, 0.25) is 0 Å². The minimum Gasteiger partial charge on any atom is -0.477 e. The maximum absolute atomic E-state index is 11.5. The van der Waals surface area contributed by atoms with Gasteiger partial charge >= 0.3 is 5.97 Å². The van der Waals surface area contributed by atoms with E-state index < -0.39 is 22.1 Å². The van der Waals surface area contributed by atoms with Gasteiger partial charge in [-0.05, 0) is 18.2 Å². The number of aromatic nitrogens is 1. The van der Waals surface area contributed by atoms with Gasteiger partial charge in [-0.25, -0.2) is 9.78 Å². The number of pyridine rings is 1. The molecular formula is C13H10N2O3S. The third-order valence-electron chi connectivity index (χ3n) is 2.92. The maximum atomic E-state index is 11.5. The SMILES string of the molecule is NC(=O)[SH]1C(C(=O)O)=Cc2cc3ccccc3nc21. The lowest BCUT2D eigenvalue weighted by molar-refractivity contribution is -0.131. The van der Waals surface area contributed by atoms with Crippen molar-refractivity contribution in [3.05, 3.63) is 40.8 Å². The molecular weight excluding hydrogens is 264 g/mol. The van der Waals surface area contributed by atoms with Crippen LogP contribution in [0.2, 0.25) is 0 Å². The topological polar surface area (TPSA) is 93.3 Å². The summed E-state index contributed by atoms with van der Waals surface area (Å²) in [5.41, 5.74) is 6.73. The Morgan fingerprint density at radius 1 is 1.26 bits per heavy atom. The van der Waals surface area contributed by atoms with E-state index in [0.717, 1.165) is 10.9 Å². The van der Waals surface area contributed by atoms with Gasteiger partial charge in [0.1, 0.15) is 0 Å². The summed E-state index contributed by atoms with van der Waals surface area (Å²) in [6.07, 6.45) is 1.49. The number of nitrogens with zero attached hydrogens (tertiary/aromatic N) is 1. The Morgan fingerprint density at radius 2 is 2.00 bits per heavy atom. The number of fused-ring (bicyclic) bond motifs is 2. The lowest BCUT2D eigenvalue weighted by Gasteiger charge is -2.13. The second kappa shape index (κ2) is 4.10. The molecule has 3 N–H and O–H groups in total. The smallest absolute Gasteiger partial charge is 0.341 e. The highest BCUT2D eigenvalue weighted by atomic mass is 32.2. The lowest BCUT2D eigenvalue weighted by atomic mass is 10.1. The maximum Gasteiger partial charge on any atom is 0.341 e. The average molecular weight is 274 g/mol. The van der Waals surface area contributed by atoms with Crippen molar-refractivity contribution in [1.82, 2.24) is 4.98 Å². The Hall–Kier alpha value is -2.34. The van der Waals surface area contributed by atoms with Crippen LogP contribution >= 0.6 is 10.9 Å². The normalized spacial score (nSPS) is 18.9. The van der Waals surface area contributed by atoms with Crippen LogP contribution in [-0.4, -0.2) is 21.3 Å². The van der Waals surface area contributed by atoms with Crippen molar-refractivity contribution in [2.75, 3.05) is 0 Å². The van der Waals surface area contributed by atoms with Gasteiger partial charge in [-0.2, -0.15) is 0 Å². The van der Waals surface area contributed by atoms with Crippen LogP contribution in [0.25, 0.3) is 17.0 Å². The molecule has 6 heteroatoms. The first-order valence-corrected chi connectivity index (χ1v) is 6.86. The molecule has 0 saturated heterocycles. The van der Waals surface area contributed by atoms with Crippen LogP contribution in [0.3, 0.4) is 0 Å². The molecule has 3 rings (SSSR count). The second-order valence-electron chi connectivity index (χ2n) is 4.10. The molecule has 5 nitrogen and oxygen atoms in total. The van der Waals surface area contributed by atoms with Gasteiger partial charge in [-0.3, -0.25) is 4.79 Å². The number of carboxylic acids is 1. The predicted octanol–water partition coefficient (Wildman–Crippen LogP) is 2.11. The molecule has 0 fully saturated rings. The quantitative estimate of drug-likeness (QED) is 0.694. The summed E-state index contributed by atoms with van der Waals surface area (Å²) in [6.45, 7) is 0. The number of hydrogen-bond acceptors (Lipinski definition) is 3. The molecule has 0 spiro atoms. The first kappa shape index (κ1) is 11.7. The highest BCUT2D eigenvalue weighted by molar-refractivity contribution is 8.33. The zero-order chi connectivity index (χ0) is 13.6. The third-order valence-corrected chi connectivity index (χ3v) is 4.94. The number of aliphatic carboxylic acids is 1. The molecule has 96 valence electrons. The molecule has 1 unspecified atom stereocenters. The van der Waals surface area contributed by atoms with Gasteiger partial charge in [-0.1, -0.05) is 29.1 Å². The van der Waals surface area contributed by atoms with Crippen molar-refractivity contribution in [1.29, 1.82) is 0 Å². The molecule has 0 aliphatic carbocycles. The van der Waals surface area contributed by atoms with Gasteiger partial charge in [-0.15, -0.1) is 0 Å². The number of carboxylic acid groups (broad SMARTS) is 1. The molecule has 1 atom stereocenters. The Morgan fingerprint density at radius 3 is 2.68 bits per heavy atom. The predicted molar refractivity (Wildman–Crippen MR) is 74.2 cm³/mol. The van der Waals surface area contributed by atoms with Crippen molar-refractivity contribution >= 4 is 39.1 Å². The van der Waals surface area contributed by atoms with Crippen molar-refractivity contribution in [3.63, 3.8) is 0 Å². The molecule has 1 aromatic carbocycles. The number of primary amides is 1. The number of para-hydroxylation sites is 1. The van der Waals surface area contributed by atoms with E-state index in [4.69, 9.17) is 10.8 Å². The van der Waals surface area contributed by atoms with E-state index in [1.54, 1.807) is 0 Å². The molecule has 1 amide bonds. The van der Waals surface area contributed by atoms with E-state index in [2.05, 4.69) is 4.98 Å². The van der Waals surface area contributed by atoms with E-state index in [0.29, 0.717) is 10.6 Å². The summed E-state index contributed by atoms with van der Waals surface area (Å²) in [4.78, 5) is 27.2. The van der Waals surface area contributed by atoms with Gasteiger partial charge < -0.3 is 10.8 Å². The van der Waals surface area contributed by atoms with Crippen LogP contribution in [-0.2, 0) is 4.79 Å². The van der Waals surface area contributed by atoms with Crippen molar-refractivity contribution in [3.8, 4) is 0 Å². The molecule has 2 aromatic rings. The van der Waals surface area contributed by atoms with E-state index in [9.17, 15) is 9.59 Å². The van der Waals surface area contributed by atoms with Crippen LogP contribution in [0.15, 0.2) is 40.3 Å². The molecule has 1 aliphatic rings. The molecule has 0 radical (unpaired) electrons. The summed E-state index contributed by atoms with van der Waals surface area (Å²) in [6, 6.07) is 9.27. The summed E-state index contributed by atoms with van der Waals surface area (Å²) < 4.78 is 0. The van der Waals surface area contributed by atoms with E-state index >= 15 is 0 Å². The van der Waals surface area contributed by atoms with Gasteiger partial charge in [0, 0.05) is 10.9 Å². The Balaban J connectivity index is 2.27. The lowest BCUT2D eigenvalue weighted by Crippen LogP contribution is -2.13. The summed E-state index contributed by atoms with van der Waals surface area (Å²) in [7, 11) is -1.71. The number of nitrogens with two attached hydrogens (primary N) is 1. The van der Waals surface area contributed by atoms with Crippen molar-refractivity contribution in [2.24, 2.45) is 5.73 Å². The monoisotopic (exact) mass is 274 g/mol. The van der Waals surface area contributed by atoms with Crippen molar-refractivity contribution in [2.45, 2.75) is 5.03 Å². The van der Waals surface area contributed by atoms with Crippen LogP contribution in [0.5, 0.6) is 0 Å². The second-order valence-corrected chi connectivity index (χ2v) is 6.12. The fourth-order valence-corrected chi connectivity index (χ4v) is 3.84. The number of benzene rings is 1. The molecule has 19 heavy (non-hydrogen) atoms. The minimum absolute atomic E-state index is 0.0420. The largest absolute Gasteiger partial charge is 0.477 e. The van der Waals surface area contributed by atoms with Gasteiger partial charge in [0.05, 0.1) is 15.4 Å². The Labute approximate surface area is 111 Å². The number of carbonyl (C=O) groups excluding carboxylic acids is 1. The van der Waals surface area contributed by atoms with Crippen LogP contribution in [0, 0.1) is 0 Å². The highest BCUT2D eigenvalue weighted by Gasteiger charge is 2.32. The number of carbonyl (C=O) groups is 2. The van der Waals surface area contributed by atoms with Crippen LogP contribution in [0.1, 0.15) is 5.56 Å². The zero-order valence-corrected chi connectivity index (χ0v) is 10.6. The van der Waals surface area contributed by atoms with E-state index in [1.165, 1.54) is 6.08 Å². The van der Waals surface area contributed by atoms with Crippen molar-refractivity contribution < 1.29 is 14.7 Å². The zero-order valence-electron chi connectivity index (χ0n) is 9.70. The molecule has 1 aromatic heterocycles. The standard InChI is InChI=1S/C13H10N2O3S/c14-13(18)19-10(12(16)17)6-8-5-7-3-1-2-4-9(7)15-11(8)19/h1-6,19H,(H2,14,18)(H,16,17). The van der Waals surface area contributed by atoms with Gasteiger partial charge in [0.25, 0.3) is 5.24 Å². The molecule has 2 heterocycles. The third kappa shape index (κ3) is 1.77. The fourth-order valence-electron chi connectivity index (χ4n) is 2.11. The first-order chi connectivity index (χ1) is 9.08. The van der Waals surface area contributed by atoms with Gasteiger partial charge in [0.15, 0.2) is 0 Å². The number of rotatable bonds is 1. The van der Waals surface area contributed by atoms with E-state index in [-0.39, 0.29) is 4.91 Å². The summed E-state index contributed by atoms with van der Waals surface area (Å²) >= 11 is 0. The molecule has 0 bridgehead atoms. The Bertz CT molecular complexity index is 755. The number of amides is 1. The molecule has 1 aliphatic heterocycles. The highest BCUT2D eigenvalue weighted by Crippen LogP contribution is 2.51. The van der Waals surface area contributed by atoms with Crippen LogP contribution in [0.4, 0.5) is 4.79 Å². The molecule has 0 saturated carbocycles. The average Bonchev–Trinajstić information content (AvgIpc) is 2.74. The first-order valence-electron chi connectivity index (χ1n) is 5.52. The summed E-state index contributed by atoms with van der Waals surface area (Å²) in [5, 5.41) is 9.91. The van der Waals surface area contributed by atoms with Crippen LogP contribution < -0.4 is 5.73 Å².